The van der Waals surface area contributed by atoms with Crippen molar-refractivity contribution in [2.75, 3.05) is 13.7 Å². The van der Waals surface area contributed by atoms with E-state index in [4.69, 9.17) is 15.9 Å². The van der Waals surface area contributed by atoms with Crippen LogP contribution >= 0.6 is 0 Å². The topological polar surface area (TPSA) is 47.6 Å². The van der Waals surface area contributed by atoms with E-state index < -0.39 is 0 Å². The molecule has 0 aliphatic carbocycles. The molecule has 0 saturated heterocycles. The van der Waals surface area contributed by atoms with E-state index in [1.807, 2.05) is 56.3 Å². The number of carbonyl (C=O) groups excluding carboxylic acids is 1. The van der Waals surface area contributed by atoms with Gasteiger partial charge in [-0.1, -0.05) is 41.8 Å². The van der Waals surface area contributed by atoms with Crippen LogP contribution in [0.1, 0.15) is 36.1 Å². The highest BCUT2D eigenvalue weighted by atomic mass is 16.5. The molecule has 0 spiro atoms. The van der Waals surface area contributed by atoms with Crippen molar-refractivity contribution in [2.45, 2.75) is 32.7 Å². The number of methoxy groups -OCH3 is 1. The number of carbonyl (C=O) groups is 1. The molecule has 0 fully saturated rings. The van der Waals surface area contributed by atoms with Crippen molar-refractivity contribution in [3.05, 3.63) is 59.2 Å². The Hall–Kier alpha value is -2.93. The van der Waals surface area contributed by atoms with E-state index in [0.717, 1.165) is 11.1 Å². The number of hydrogen-bond acceptors (Lipinski definition) is 3. The first kappa shape index (κ1) is 19.4. The Morgan fingerprint density at radius 1 is 1.19 bits per heavy atom. The zero-order valence-electron chi connectivity index (χ0n) is 15.5. The van der Waals surface area contributed by atoms with Crippen LogP contribution in [0.3, 0.4) is 0 Å². The number of aryl methyl sites for hydroxylation is 2. The molecule has 2 aromatic rings. The first-order valence-corrected chi connectivity index (χ1v) is 8.62. The van der Waals surface area contributed by atoms with Gasteiger partial charge in [0.25, 0.3) is 0 Å². The minimum absolute atomic E-state index is 0.0165. The first-order chi connectivity index (χ1) is 12.5. The van der Waals surface area contributed by atoms with Gasteiger partial charge in [-0.3, -0.25) is 4.79 Å². The van der Waals surface area contributed by atoms with Gasteiger partial charge in [0, 0.05) is 6.42 Å². The summed E-state index contributed by atoms with van der Waals surface area (Å²) in [5.74, 6) is 3.66. The van der Waals surface area contributed by atoms with Crippen molar-refractivity contribution in [1.82, 2.24) is 5.32 Å². The second-order valence-corrected chi connectivity index (χ2v) is 6.18. The molecule has 1 N–H and O–H groups in total. The van der Waals surface area contributed by atoms with Crippen LogP contribution < -0.4 is 14.8 Å². The summed E-state index contributed by atoms with van der Waals surface area (Å²) in [7, 11) is 1.58. The number of ether oxygens (including phenoxy) is 2. The lowest BCUT2D eigenvalue weighted by atomic mass is 10.1. The fourth-order valence-corrected chi connectivity index (χ4v) is 2.62. The second kappa shape index (κ2) is 9.53. The lowest BCUT2D eigenvalue weighted by Gasteiger charge is -2.15. The van der Waals surface area contributed by atoms with Gasteiger partial charge in [-0.25, -0.2) is 0 Å². The van der Waals surface area contributed by atoms with Gasteiger partial charge in [0.2, 0.25) is 5.91 Å². The molecule has 2 aromatic carbocycles. The lowest BCUT2D eigenvalue weighted by Crippen LogP contribution is -2.26. The Labute approximate surface area is 155 Å². The molecule has 26 heavy (non-hydrogen) atoms. The molecule has 0 aliphatic heterocycles. The molecule has 1 atom stereocenters. The van der Waals surface area contributed by atoms with E-state index in [0.29, 0.717) is 24.3 Å². The minimum Gasteiger partial charge on any atom is -0.493 e. The van der Waals surface area contributed by atoms with Crippen molar-refractivity contribution in [1.29, 1.82) is 0 Å². The van der Waals surface area contributed by atoms with E-state index in [-0.39, 0.29) is 18.6 Å². The van der Waals surface area contributed by atoms with Crippen molar-refractivity contribution in [3.63, 3.8) is 0 Å². The molecule has 0 radical (unpaired) electrons. The highest BCUT2D eigenvalue weighted by Crippen LogP contribution is 2.28. The smallest absolute Gasteiger partial charge is 0.220 e. The first-order valence-electron chi connectivity index (χ1n) is 8.62. The second-order valence-electron chi connectivity index (χ2n) is 6.18. The molecule has 1 amide bonds. The van der Waals surface area contributed by atoms with Gasteiger partial charge < -0.3 is 14.8 Å². The summed E-state index contributed by atoms with van der Waals surface area (Å²) < 4.78 is 10.8. The van der Waals surface area contributed by atoms with Gasteiger partial charge in [-0.2, -0.15) is 0 Å². The van der Waals surface area contributed by atoms with Gasteiger partial charge in [0.15, 0.2) is 11.5 Å². The van der Waals surface area contributed by atoms with Crippen LogP contribution in [-0.2, 0) is 11.2 Å². The Morgan fingerprint density at radius 3 is 2.58 bits per heavy atom. The molecule has 4 heteroatoms. The molecule has 0 aromatic heterocycles. The molecular weight excluding hydrogens is 326 g/mol. The molecular formula is C22H25NO3. The number of amides is 1. The standard InChI is InChI=1S/C22H25NO3/c1-5-14-26-20-12-8-18(15-21(20)25-4)9-13-22(24)23-17(3)19-10-6-16(2)7-11-19/h1,6-8,10-12,15,17H,9,13-14H2,2-4H3,(H,23,24). The maximum Gasteiger partial charge on any atom is 0.220 e. The average molecular weight is 351 g/mol. The molecule has 4 nitrogen and oxygen atoms in total. The third-order valence-electron chi connectivity index (χ3n) is 4.13. The summed E-state index contributed by atoms with van der Waals surface area (Å²) in [5, 5.41) is 3.04. The summed E-state index contributed by atoms with van der Waals surface area (Å²) in [6.45, 7) is 4.22. The summed E-state index contributed by atoms with van der Waals surface area (Å²) in [4.78, 5) is 12.2. The van der Waals surface area contributed by atoms with E-state index in [1.165, 1.54) is 5.56 Å². The van der Waals surface area contributed by atoms with Crippen molar-refractivity contribution in [2.24, 2.45) is 0 Å². The van der Waals surface area contributed by atoms with Crippen molar-refractivity contribution >= 4 is 5.91 Å². The van der Waals surface area contributed by atoms with Crippen LogP contribution in [0, 0.1) is 19.3 Å². The summed E-state index contributed by atoms with van der Waals surface area (Å²) >= 11 is 0. The predicted molar refractivity (Wildman–Crippen MR) is 103 cm³/mol. The molecule has 2 rings (SSSR count). The number of terminal acetylenes is 1. The highest BCUT2D eigenvalue weighted by molar-refractivity contribution is 5.76. The largest absolute Gasteiger partial charge is 0.493 e. The zero-order valence-corrected chi connectivity index (χ0v) is 15.5. The fourth-order valence-electron chi connectivity index (χ4n) is 2.62. The van der Waals surface area contributed by atoms with Crippen LogP contribution in [0.2, 0.25) is 0 Å². The monoisotopic (exact) mass is 351 g/mol. The maximum atomic E-state index is 12.2. The van der Waals surface area contributed by atoms with Crippen LogP contribution in [0.25, 0.3) is 0 Å². The normalized spacial score (nSPS) is 11.3. The molecule has 136 valence electrons. The fraction of sp³-hybridized carbons (Fsp3) is 0.318. The van der Waals surface area contributed by atoms with E-state index in [1.54, 1.807) is 7.11 Å². The van der Waals surface area contributed by atoms with Gasteiger partial charge in [-0.05, 0) is 43.5 Å². The average Bonchev–Trinajstić information content (AvgIpc) is 2.65. The van der Waals surface area contributed by atoms with Crippen molar-refractivity contribution in [3.8, 4) is 23.8 Å². The van der Waals surface area contributed by atoms with Crippen LogP contribution in [-0.4, -0.2) is 19.6 Å². The van der Waals surface area contributed by atoms with Crippen molar-refractivity contribution < 1.29 is 14.3 Å². The molecule has 0 saturated carbocycles. The number of benzene rings is 2. The van der Waals surface area contributed by atoms with Gasteiger partial charge in [0.1, 0.15) is 6.61 Å². The number of nitrogens with one attached hydrogen (secondary N) is 1. The quantitative estimate of drug-likeness (QED) is 0.736. The lowest BCUT2D eigenvalue weighted by molar-refractivity contribution is -0.121. The maximum absolute atomic E-state index is 12.2. The van der Waals surface area contributed by atoms with Gasteiger partial charge in [-0.15, -0.1) is 6.42 Å². The van der Waals surface area contributed by atoms with E-state index in [9.17, 15) is 4.79 Å². The molecule has 1 unspecified atom stereocenters. The zero-order chi connectivity index (χ0) is 18.9. The number of hydrogen-bond donors (Lipinski definition) is 1. The van der Waals surface area contributed by atoms with Gasteiger partial charge >= 0.3 is 0 Å². The summed E-state index contributed by atoms with van der Waals surface area (Å²) in [6, 6.07) is 13.8. The summed E-state index contributed by atoms with van der Waals surface area (Å²) in [5.41, 5.74) is 3.31. The van der Waals surface area contributed by atoms with Gasteiger partial charge in [0.05, 0.1) is 13.2 Å². The third kappa shape index (κ3) is 5.56. The van der Waals surface area contributed by atoms with E-state index >= 15 is 0 Å². The molecule has 0 heterocycles. The third-order valence-corrected chi connectivity index (χ3v) is 4.13. The Kier molecular flexibility index (Phi) is 7.11. The predicted octanol–water partition coefficient (Wildman–Crippen LogP) is 3.83. The van der Waals surface area contributed by atoms with Crippen LogP contribution in [0.5, 0.6) is 11.5 Å². The minimum atomic E-state index is -0.0165. The van der Waals surface area contributed by atoms with Crippen LogP contribution in [0.15, 0.2) is 42.5 Å². The SMILES string of the molecule is C#CCOc1ccc(CCC(=O)NC(C)c2ccc(C)cc2)cc1OC. The Balaban J connectivity index is 1.90. The Bertz CT molecular complexity index is 775. The van der Waals surface area contributed by atoms with E-state index in [2.05, 4.69) is 11.2 Å². The summed E-state index contributed by atoms with van der Waals surface area (Å²) in [6.07, 6.45) is 6.24. The Morgan fingerprint density at radius 2 is 1.92 bits per heavy atom. The highest BCUT2D eigenvalue weighted by Gasteiger charge is 2.11. The van der Waals surface area contributed by atoms with Crippen LogP contribution in [0.4, 0.5) is 0 Å². The molecule has 0 aliphatic rings. The number of rotatable bonds is 8. The molecule has 0 bridgehead atoms.